The fourth-order valence-electron chi connectivity index (χ4n) is 2.30. The van der Waals surface area contributed by atoms with Gasteiger partial charge in [0.05, 0.1) is 19.8 Å². The molecule has 2 rings (SSSR count). The Morgan fingerprint density at radius 3 is 2.96 bits per heavy atom. The van der Waals surface area contributed by atoms with Gasteiger partial charge in [0.2, 0.25) is 5.91 Å². The second-order valence-electron chi connectivity index (χ2n) is 5.40. The number of hydrogen-bond acceptors (Lipinski definition) is 4. The molecule has 1 aromatic carbocycles. The number of morpholine rings is 1. The van der Waals surface area contributed by atoms with Crippen LogP contribution >= 0.6 is 11.6 Å². The highest BCUT2D eigenvalue weighted by molar-refractivity contribution is 6.31. The van der Waals surface area contributed by atoms with E-state index in [1.165, 1.54) is 4.90 Å². The molecule has 1 fully saturated rings. The van der Waals surface area contributed by atoms with Gasteiger partial charge in [-0.2, -0.15) is 0 Å². The number of ether oxygens (including phenoxy) is 2. The topological polar surface area (TPSA) is 76.1 Å². The standard InChI is InChI=1S/C16H20ClNO5/c1-11-9-12(4-5-13(11)17)22-7-2-3-15(19)18-6-8-23-14(10-18)16(20)21/h4-5,9,14H,2-3,6-8,10H2,1H3,(H,20,21)/t14-/m0/s1. The Balaban J connectivity index is 1.72. The van der Waals surface area contributed by atoms with E-state index in [1.807, 2.05) is 13.0 Å². The van der Waals surface area contributed by atoms with Crippen molar-refractivity contribution in [3.63, 3.8) is 0 Å². The van der Waals surface area contributed by atoms with E-state index in [1.54, 1.807) is 12.1 Å². The number of hydrogen-bond donors (Lipinski definition) is 1. The quantitative estimate of drug-likeness (QED) is 0.802. The molecule has 23 heavy (non-hydrogen) atoms. The van der Waals surface area contributed by atoms with Crippen LogP contribution in [0, 0.1) is 6.92 Å². The molecule has 1 aromatic rings. The van der Waals surface area contributed by atoms with Crippen LogP contribution in [0.2, 0.25) is 5.02 Å². The Hall–Kier alpha value is -1.79. The molecule has 0 bridgehead atoms. The Morgan fingerprint density at radius 1 is 1.48 bits per heavy atom. The first-order valence-electron chi connectivity index (χ1n) is 7.48. The molecule has 7 heteroatoms. The van der Waals surface area contributed by atoms with Gasteiger partial charge in [0, 0.05) is 18.0 Å². The van der Waals surface area contributed by atoms with Gasteiger partial charge in [-0.15, -0.1) is 0 Å². The van der Waals surface area contributed by atoms with Crippen LogP contribution in [0.15, 0.2) is 18.2 Å². The van der Waals surface area contributed by atoms with Crippen molar-refractivity contribution in [1.29, 1.82) is 0 Å². The molecule has 0 saturated carbocycles. The molecule has 1 heterocycles. The zero-order valence-corrected chi connectivity index (χ0v) is 13.7. The first-order valence-corrected chi connectivity index (χ1v) is 7.86. The number of amides is 1. The maximum atomic E-state index is 12.1. The third-order valence-corrected chi connectivity index (χ3v) is 4.05. The van der Waals surface area contributed by atoms with Crippen LogP contribution in [0.25, 0.3) is 0 Å². The number of aliphatic carboxylic acids is 1. The molecule has 6 nitrogen and oxygen atoms in total. The van der Waals surface area contributed by atoms with E-state index in [4.69, 9.17) is 26.2 Å². The molecule has 1 aliphatic rings. The molecule has 126 valence electrons. The maximum absolute atomic E-state index is 12.1. The van der Waals surface area contributed by atoms with Crippen LogP contribution in [0.1, 0.15) is 18.4 Å². The second-order valence-corrected chi connectivity index (χ2v) is 5.81. The summed E-state index contributed by atoms with van der Waals surface area (Å²) < 4.78 is 10.7. The molecule has 0 aromatic heterocycles. The van der Waals surface area contributed by atoms with Crippen LogP contribution in [0.3, 0.4) is 0 Å². The van der Waals surface area contributed by atoms with Gasteiger partial charge in [-0.05, 0) is 37.1 Å². The minimum atomic E-state index is -1.04. The molecule has 0 spiro atoms. The van der Waals surface area contributed by atoms with Crippen molar-refractivity contribution < 1.29 is 24.2 Å². The molecule has 0 radical (unpaired) electrons. The first kappa shape index (κ1) is 17.6. The van der Waals surface area contributed by atoms with E-state index in [0.29, 0.717) is 31.0 Å². The van der Waals surface area contributed by atoms with E-state index in [0.717, 1.165) is 11.3 Å². The SMILES string of the molecule is Cc1cc(OCCCC(=O)N2CCO[C@H](C(=O)O)C2)ccc1Cl. The van der Waals surface area contributed by atoms with Crippen molar-refractivity contribution in [3.05, 3.63) is 28.8 Å². The Bertz CT molecular complexity index is 578. The summed E-state index contributed by atoms with van der Waals surface area (Å²) in [7, 11) is 0. The van der Waals surface area contributed by atoms with Crippen molar-refractivity contribution in [2.45, 2.75) is 25.9 Å². The smallest absolute Gasteiger partial charge is 0.334 e. The summed E-state index contributed by atoms with van der Waals surface area (Å²) in [5.41, 5.74) is 0.938. The number of rotatable bonds is 6. The van der Waals surface area contributed by atoms with Gasteiger partial charge in [-0.25, -0.2) is 4.79 Å². The van der Waals surface area contributed by atoms with Gasteiger partial charge in [-0.1, -0.05) is 11.6 Å². The van der Waals surface area contributed by atoms with E-state index < -0.39 is 12.1 Å². The summed E-state index contributed by atoms with van der Waals surface area (Å²) in [5, 5.41) is 9.62. The highest BCUT2D eigenvalue weighted by atomic mass is 35.5. The summed E-state index contributed by atoms with van der Waals surface area (Å²) in [4.78, 5) is 24.5. The summed E-state index contributed by atoms with van der Waals surface area (Å²) in [6.07, 6.45) is -0.0462. The largest absolute Gasteiger partial charge is 0.494 e. The number of benzene rings is 1. The first-order chi connectivity index (χ1) is 11.0. The lowest BCUT2D eigenvalue weighted by Gasteiger charge is -2.30. The van der Waals surface area contributed by atoms with Crippen LogP contribution in [0.5, 0.6) is 5.75 Å². The van der Waals surface area contributed by atoms with E-state index >= 15 is 0 Å². The molecular formula is C16H20ClNO5. The molecule has 1 saturated heterocycles. The number of aryl methyl sites for hydroxylation is 1. The van der Waals surface area contributed by atoms with Gasteiger partial charge in [0.1, 0.15) is 5.75 Å². The van der Waals surface area contributed by atoms with E-state index in [9.17, 15) is 9.59 Å². The number of nitrogens with zero attached hydrogens (tertiary/aromatic N) is 1. The minimum absolute atomic E-state index is 0.0737. The summed E-state index contributed by atoms with van der Waals surface area (Å²) in [6.45, 7) is 3.10. The number of halogens is 1. The fourth-order valence-corrected chi connectivity index (χ4v) is 2.42. The predicted molar refractivity (Wildman–Crippen MR) is 84.9 cm³/mol. The lowest BCUT2D eigenvalue weighted by atomic mass is 10.2. The van der Waals surface area contributed by atoms with E-state index in [2.05, 4.69) is 0 Å². The molecular weight excluding hydrogens is 322 g/mol. The molecule has 1 N–H and O–H groups in total. The van der Waals surface area contributed by atoms with Crippen molar-refractivity contribution in [2.75, 3.05) is 26.3 Å². The average Bonchev–Trinajstić information content (AvgIpc) is 2.54. The average molecular weight is 342 g/mol. The zero-order chi connectivity index (χ0) is 16.8. The van der Waals surface area contributed by atoms with Gasteiger partial charge in [-0.3, -0.25) is 4.79 Å². The molecule has 0 aliphatic carbocycles. The van der Waals surface area contributed by atoms with Crippen LogP contribution in [0.4, 0.5) is 0 Å². The van der Waals surface area contributed by atoms with Gasteiger partial charge in [0.25, 0.3) is 0 Å². The Kier molecular flexibility index (Phi) is 6.24. The van der Waals surface area contributed by atoms with Gasteiger partial charge in [0.15, 0.2) is 6.10 Å². The number of carbonyl (C=O) groups is 2. The minimum Gasteiger partial charge on any atom is -0.494 e. The van der Waals surface area contributed by atoms with Crippen molar-refractivity contribution >= 4 is 23.5 Å². The highest BCUT2D eigenvalue weighted by Crippen LogP contribution is 2.21. The maximum Gasteiger partial charge on any atom is 0.334 e. The van der Waals surface area contributed by atoms with Crippen molar-refractivity contribution in [1.82, 2.24) is 4.90 Å². The summed E-state index contributed by atoms with van der Waals surface area (Å²) in [5.74, 6) is -0.393. The highest BCUT2D eigenvalue weighted by Gasteiger charge is 2.28. The Labute approximate surface area is 139 Å². The van der Waals surface area contributed by atoms with Crippen LogP contribution in [-0.4, -0.2) is 54.3 Å². The second kappa shape index (κ2) is 8.17. The van der Waals surface area contributed by atoms with Crippen LogP contribution in [-0.2, 0) is 14.3 Å². The lowest BCUT2D eigenvalue weighted by molar-refractivity contribution is -0.159. The normalized spacial score (nSPS) is 17.8. The van der Waals surface area contributed by atoms with Gasteiger partial charge < -0.3 is 19.5 Å². The van der Waals surface area contributed by atoms with Crippen LogP contribution < -0.4 is 4.74 Å². The number of carboxylic acid groups (broad SMARTS) is 1. The van der Waals surface area contributed by atoms with Gasteiger partial charge >= 0.3 is 5.97 Å². The molecule has 1 atom stereocenters. The lowest BCUT2D eigenvalue weighted by Crippen LogP contribution is -2.48. The number of carboxylic acids is 1. The monoisotopic (exact) mass is 341 g/mol. The fraction of sp³-hybridized carbons (Fsp3) is 0.500. The Morgan fingerprint density at radius 2 is 2.26 bits per heavy atom. The number of carbonyl (C=O) groups excluding carboxylic acids is 1. The predicted octanol–water partition coefficient (Wildman–Crippen LogP) is 2.12. The van der Waals surface area contributed by atoms with Crippen molar-refractivity contribution in [2.24, 2.45) is 0 Å². The van der Waals surface area contributed by atoms with Crippen molar-refractivity contribution in [3.8, 4) is 5.75 Å². The zero-order valence-electron chi connectivity index (χ0n) is 13.0. The molecule has 1 aliphatic heterocycles. The molecule has 0 unspecified atom stereocenters. The third-order valence-electron chi connectivity index (χ3n) is 3.63. The molecule has 1 amide bonds. The summed E-state index contributed by atoms with van der Waals surface area (Å²) in [6, 6.07) is 5.41. The third kappa shape index (κ3) is 5.11. The van der Waals surface area contributed by atoms with E-state index in [-0.39, 0.29) is 19.1 Å². The summed E-state index contributed by atoms with van der Waals surface area (Å²) >= 11 is 5.95.